The topological polar surface area (TPSA) is 97.8 Å². The van der Waals surface area contributed by atoms with Crippen molar-refractivity contribution in [1.29, 1.82) is 0 Å². The molecule has 1 aromatic heterocycles. The van der Waals surface area contributed by atoms with Gasteiger partial charge in [0.15, 0.2) is 5.82 Å². The Kier molecular flexibility index (Phi) is 9.05. The van der Waals surface area contributed by atoms with Gasteiger partial charge in [-0.15, -0.1) is 6.58 Å². The van der Waals surface area contributed by atoms with Gasteiger partial charge in [-0.3, -0.25) is 4.79 Å². The predicted molar refractivity (Wildman–Crippen MR) is 130 cm³/mol. The van der Waals surface area contributed by atoms with Crippen LogP contribution in [0.5, 0.6) is 0 Å². The van der Waals surface area contributed by atoms with E-state index in [0.717, 1.165) is 29.3 Å². The lowest BCUT2D eigenvalue weighted by Crippen LogP contribution is -2.44. The maximum Gasteiger partial charge on any atom is 0.425 e. The normalized spacial score (nSPS) is 15.0. The lowest BCUT2D eigenvalue weighted by molar-refractivity contribution is 0.0428. The van der Waals surface area contributed by atoms with Crippen LogP contribution in [0.4, 0.5) is 15.4 Å². The number of ether oxygens (including phenoxy) is 2. The first-order valence-corrected chi connectivity index (χ1v) is 12.2. The first-order valence-electron chi connectivity index (χ1n) is 11.5. The molecule has 184 valence electrons. The van der Waals surface area contributed by atoms with Crippen molar-refractivity contribution >= 4 is 35.4 Å². The van der Waals surface area contributed by atoms with Crippen LogP contribution < -0.4 is 10.2 Å². The van der Waals surface area contributed by atoms with Crippen LogP contribution in [-0.4, -0.2) is 40.2 Å². The maximum atomic E-state index is 13.0. The van der Waals surface area contributed by atoms with E-state index < -0.39 is 23.4 Å². The van der Waals surface area contributed by atoms with E-state index in [1.807, 2.05) is 0 Å². The molecule has 2 rings (SSSR count). The second-order valence-corrected chi connectivity index (χ2v) is 11.1. The van der Waals surface area contributed by atoms with Crippen LogP contribution in [0, 0.1) is 5.92 Å². The molecule has 0 atom stereocenters. The predicted octanol–water partition coefficient (Wildman–Crippen LogP) is 5.86. The molecule has 0 unspecified atom stereocenters. The van der Waals surface area contributed by atoms with Gasteiger partial charge in [0.2, 0.25) is 0 Å². The van der Waals surface area contributed by atoms with Gasteiger partial charge in [-0.25, -0.2) is 9.59 Å². The van der Waals surface area contributed by atoms with Crippen LogP contribution in [0.2, 0.25) is 0 Å². The summed E-state index contributed by atoms with van der Waals surface area (Å²) in [6, 6.07) is 0. The van der Waals surface area contributed by atoms with Crippen molar-refractivity contribution in [3.8, 4) is 0 Å². The number of hydrogen-bond acceptors (Lipinski definition) is 7. The molecule has 0 aliphatic heterocycles. The number of anilines is 1. The van der Waals surface area contributed by atoms with E-state index in [-0.39, 0.29) is 18.1 Å². The zero-order chi connectivity index (χ0) is 24.8. The zero-order valence-corrected chi connectivity index (χ0v) is 21.5. The summed E-state index contributed by atoms with van der Waals surface area (Å²) < 4.78 is 15.2. The van der Waals surface area contributed by atoms with E-state index in [2.05, 4.69) is 16.3 Å². The van der Waals surface area contributed by atoms with Crippen LogP contribution in [0.3, 0.4) is 0 Å². The van der Waals surface area contributed by atoms with Crippen LogP contribution in [0.1, 0.15) is 88.9 Å². The molecule has 8 nitrogen and oxygen atoms in total. The molecular formula is C24H37N3O5S. The fourth-order valence-electron chi connectivity index (χ4n) is 3.55. The monoisotopic (exact) mass is 479 g/mol. The molecule has 1 heterocycles. The number of amides is 3. The summed E-state index contributed by atoms with van der Waals surface area (Å²) in [6.45, 7) is 14.6. The minimum absolute atomic E-state index is 0.0335. The Bertz CT molecular complexity index is 832. The minimum Gasteiger partial charge on any atom is -0.443 e. The molecule has 9 heteroatoms. The van der Waals surface area contributed by atoms with Crippen molar-refractivity contribution in [2.24, 2.45) is 5.92 Å². The Hall–Kier alpha value is -2.42. The van der Waals surface area contributed by atoms with Gasteiger partial charge >= 0.3 is 12.2 Å². The second-order valence-electron chi connectivity index (χ2n) is 10.3. The molecule has 0 aromatic carbocycles. The molecule has 0 saturated heterocycles. The smallest absolute Gasteiger partial charge is 0.425 e. The summed E-state index contributed by atoms with van der Waals surface area (Å²) in [5, 5.41) is 3.00. The second kappa shape index (κ2) is 11.1. The highest BCUT2D eigenvalue weighted by molar-refractivity contribution is 7.08. The third-order valence-corrected chi connectivity index (χ3v) is 5.84. The van der Waals surface area contributed by atoms with Crippen molar-refractivity contribution in [3.05, 3.63) is 23.1 Å². The summed E-state index contributed by atoms with van der Waals surface area (Å²) in [7, 11) is 0. The molecular weight excluding hydrogens is 442 g/mol. The molecule has 1 aliphatic carbocycles. The number of carbonyl (C=O) groups excluding carboxylic acids is 3. The Morgan fingerprint density at radius 1 is 1.06 bits per heavy atom. The van der Waals surface area contributed by atoms with E-state index in [1.54, 1.807) is 47.6 Å². The Labute approximate surface area is 200 Å². The number of imide groups is 1. The average molecular weight is 480 g/mol. The van der Waals surface area contributed by atoms with Crippen molar-refractivity contribution in [3.63, 3.8) is 0 Å². The van der Waals surface area contributed by atoms with Crippen LogP contribution >= 0.6 is 11.5 Å². The van der Waals surface area contributed by atoms with Gasteiger partial charge in [0.05, 0.1) is 0 Å². The summed E-state index contributed by atoms with van der Waals surface area (Å²) in [6.07, 6.45) is 5.87. The van der Waals surface area contributed by atoms with Gasteiger partial charge in [0, 0.05) is 12.1 Å². The zero-order valence-electron chi connectivity index (χ0n) is 20.7. The molecule has 1 saturated carbocycles. The molecule has 1 N–H and O–H groups in total. The lowest BCUT2D eigenvalue weighted by atomic mass is 9.89. The summed E-state index contributed by atoms with van der Waals surface area (Å²) >= 11 is 0.943. The molecule has 0 spiro atoms. The van der Waals surface area contributed by atoms with Crippen molar-refractivity contribution < 1.29 is 23.9 Å². The van der Waals surface area contributed by atoms with Crippen LogP contribution in [0.15, 0.2) is 12.7 Å². The highest BCUT2D eigenvalue weighted by atomic mass is 32.1. The summed E-state index contributed by atoms with van der Waals surface area (Å²) in [4.78, 5) is 40.1. The number of nitrogens with one attached hydrogen (secondary N) is 1. The number of nitrogens with zero attached hydrogens (tertiary/aromatic N) is 2. The van der Waals surface area contributed by atoms with Gasteiger partial charge in [-0.2, -0.15) is 9.27 Å². The van der Waals surface area contributed by atoms with Crippen molar-refractivity contribution in [1.82, 2.24) is 9.69 Å². The molecule has 1 aromatic rings. The first-order chi connectivity index (χ1) is 15.3. The quantitative estimate of drug-likeness (QED) is 0.513. The Morgan fingerprint density at radius 3 is 2.09 bits per heavy atom. The average Bonchev–Trinajstić information content (AvgIpc) is 3.08. The highest BCUT2D eigenvalue weighted by Crippen LogP contribution is 2.31. The third kappa shape index (κ3) is 8.14. The lowest BCUT2D eigenvalue weighted by Gasteiger charge is -2.28. The summed E-state index contributed by atoms with van der Waals surface area (Å²) in [5.41, 5.74) is -1.24. The number of carbonyl (C=O) groups is 3. The van der Waals surface area contributed by atoms with E-state index in [0.29, 0.717) is 22.9 Å². The fourth-order valence-corrected chi connectivity index (χ4v) is 4.36. The molecule has 1 fully saturated rings. The number of allylic oxidation sites excluding steroid dienone is 1. The Morgan fingerprint density at radius 2 is 1.61 bits per heavy atom. The SMILES string of the molecule is C=CCc1c(N(C(=O)OC(C)(C)C)C(=O)OC(C)(C)C)nsc1C(=O)NCC1CCCCC1. The van der Waals surface area contributed by atoms with E-state index in [9.17, 15) is 14.4 Å². The number of rotatable bonds is 6. The summed E-state index contributed by atoms with van der Waals surface area (Å²) in [5.74, 6) is 0.235. The van der Waals surface area contributed by atoms with E-state index in [1.165, 1.54) is 19.3 Å². The standard InChI is InChI=1S/C24H37N3O5S/c1-8-12-17-18(20(28)25-15-16-13-10-9-11-14-16)33-26-19(17)27(21(29)31-23(2,3)4)22(30)32-24(5,6)7/h8,16H,1,9-15H2,2-7H3,(H,25,28). The maximum absolute atomic E-state index is 13.0. The van der Waals surface area contributed by atoms with Crippen LogP contribution in [0.25, 0.3) is 0 Å². The molecule has 0 radical (unpaired) electrons. The molecule has 3 amide bonds. The largest absolute Gasteiger partial charge is 0.443 e. The van der Waals surface area contributed by atoms with Gasteiger partial charge in [-0.05, 0) is 78.3 Å². The van der Waals surface area contributed by atoms with Gasteiger partial charge in [-0.1, -0.05) is 25.3 Å². The van der Waals surface area contributed by atoms with Gasteiger partial charge in [0.25, 0.3) is 5.91 Å². The first kappa shape index (κ1) is 26.8. The van der Waals surface area contributed by atoms with Gasteiger partial charge < -0.3 is 14.8 Å². The van der Waals surface area contributed by atoms with E-state index in [4.69, 9.17) is 9.47 Å². The van der Waals surface area contributed by atoms with E-state index >= 15 is 0 Å². The Balaban J connectivity index is 2.35. The fraction of sp³-hybridized carbons (Fsp3) is 0.667. The van der Waals surface area contributed by atoms with Gasteiger partial charge in [0.1, 0.15) is 16.1 Å². The number of aromatic nitrogens is 1. The highest BCUT2D eigenvalue weighted by Gasteiger charge is 2.37. The third-order valence-electron chi connectivity index (χ3n) is 4.96. The van der Waals surface area contributed by atoms with Crippen molar-refractivity contribution in [2.45, 2.75) is 91.3 Å². The minimum atomic E-state index is -0.915. The molecule has 0 bridgehead atoms. The van der Waals surface area contributed by atoms with Crippen molar-refractivity contribution in [2.75, 3.05) is 11.4 Å². The molecule has 1 aliphatic rings. The number of hydrogen-bond donors (Lipinski definition) is 1. The van der Waals surface area contributed by atoms with Crippen LogP contribution in [-0.2, 0) is 15.9 Å². The molecule has 33 heavy (non-hydrogen) atoms.